The molecule has 0 aliphatic rings. The summed E-state index contributed by atoms with van der Waals surface area (Å²) in [5, 5.41) is 26.5. The van der Waals surface area contributed by atoms with Gasteiger partial charge < -0.3 is 52.6 Å². The number of primary amides is 4. The van der Waals surface area contributed by atoms with E-state index in [0.29, 0.717) is 149 Å². The van der Waals surface area contributed by atoms with Gasteiger partial charge in [-0.15, -0.1) is 22.7 Å². The first-order valence-corrected chi connectivity index (χ1v) is 40.2. The van der Waals surface area contributed by atoms with Crippen LogP contribution in [0.2, 0.25) is 0 Å². The predicted octanol–water partition coefficient (Wildman–Crippen LogP) is 6.57. The van der Waals surface area contributed by atoms with Crippen LogP contribution in [0.25, 0.3) is 42.8 Å². The van der Waals surface area contributed by atoms with E-state index in [9.17, 15) is 46.8 Å². The summed E-state index contributed by atoms with van der Waals surface area (Å²) in [5.41, 5.74) is 34.7. The lowest BCUT2D eigenvalue weighted by Gasteiger charge is -2.13. The molecule has 10 aromatic heterocycles. The zero-order valence-corrected chi connectivity index (χ0v) is 67.9. The monoisotopic (exact) mass is 1630 g/mol. The van der Waals surface area contributed by atoms with E-state index in [1.54, 1.807) is 94.8 Å². The first-order chi connectivity index (χ1) is 55.0. The molecule has 0 fully saturated rings. The number of ketones is 2. The summed E-state index contributed by atoms with van der Waals surface area (Å²) in [5.74, 6) is -1.73. The molecule has 10 heterocycles. The number of amides is 6. The van der Waals surface area contributed by atoms with Gasteiger partial charge in [-0.1, -0.05) is 24.3 Å². The van der Waals surface area contributed by atoms with E-state index >= 15 is 0 Å². The first kappa shape index (κ1) is 85.1. The van der Waals surface area contributed by atoms with Crippen LogP contribution in [0.5, 0.6) is 11.5 Å². The Hall–Kier alpha value is -12.4. The molecule has 12 aromatic rings. The number of benzene rings is 2. The number of nitrogens with two attached hydrogens (primary N) is 5. The maximum atomic E-state index is 13.8. The number of Topliss-reactive ketones (excluding diaryl/α,β-unsaturated/α-hetero) is 2. The van der Waals surface area contributed by atoms with E-state index in [1.807, 2.05) is 77.5 Å². The summed E-state index contributed by atoms with van der Waals surface area (Å²) >= 11 is 2.32. The molecule has 12 rings (SSSR count). The van der Waals surface area contributed by atoms with Crippen molar-refractivity contribution in [2.24, 2.45) is 28.7 Å². The number of nitrogens with zero attached hydrogens (tertiary/aromatic N) is 16. The average Bonchev–Trinajstić information content (AvgIpc) is 1.63. The highest BCUT2D eigenvalue weighted by Crippen LogP contribution is 2.35. The molecule has 0 saturated heterocycles. The zero-order chi connectivity index (χ0) is 83.3. The van der Waals surface area contributed by atoms with E-state index in [1.165, 1.54) is 30.5 Å². The molecule has 0 spiro atoms. The Morgan fingerprint density at radius 1 is 0.461 bits per heavy atom. The van der Waals surface area contributed by atoms with Crippen LogP contribution in [0.4, 0.5) is 11.9 Å². The fraction of sp³-hybridized carbons (Fsp3) is 0.360. The maximum absolute atomic E-state index is 13.8. The van der Waals surface area contributed by atoms with Gasteiger partial charge in [0.2, 0.25) is 23.7 Å². The highest BCUT2D eigenvalue weighted by molar-refractivity contribution is 7.86. The van der Waals surface area contributed by atoms with E-state index < -0.39 is 39.7 Å². The molecule has 0 aliphatic carbocycles. The number of allylic oxidation sites excluding steroid dienone is 4. The third kappa shape index (κ3) is 20.0. The van der Waals surface area contributed by atoms with Crippen LogP contribution in [-0.4, -0.2) is 179 Å². The second kappa shape index (κ2) is 37.5. The van der Waals surface area contributed by atoms with Gasteiger partial charge in [0.25, 0.3) is 33.7 Å². The Balaban J connectivity index is 0.000000238. The van der Waals surface area contributed by atoms with Crippen LogP contribution in [-0.2, 0) is 79.5 Å². The minimum atomic E-state index is -3.66. The van der Waals surface area contributed by atoms with Crippen molar-refractivity contribution >= 4 is 134 Å². The third-order valence-electron chi connectivity index (χ3n) is 17.8. The number of thiophene rings is 2. The highest BCUT2D eigenvalue weighted by Gasteiger charge is 2.28. The molecule has 0 atom stereocenters. The third-order valence-corrected chi connectivity index (χ3v) is 20.7. The quantitative estimate of drug-likeness (QED) is 0.00883. The molecule has 608 valence electrons. The molecule has 37 nitrogen and oxygen atoms in total. The molecule has 0 bridgehead atoms. The van der Waals surface area contributed by atoms with Gasteiger partial charge in [-0.25, -0.2) is 19.9 Å². The number of rotatable bonds is 37. The number of imidazole rings is 4. The van der Waals surface area contributed by atoms with Gasteiger partial charge in [0, 0.05) is 69.9 Å². The summed E-state index contributed by atoms with van der Waals surface area (Å²) < 4.78 is 53.8. The SMILES string of the molecule is CCn1nc(C)cc1C(=O)Cc1nc2cc(C(N)=O)cc(OCCCNC)c2n1C/C=C/Cn1c(NC(=O)c2cc(C)nn2CC)nc2cc(C(N)=O)sc21.CCn1nc(C)cc1C(=O)Cc1nc2cc(C(N)=O)cc(OCCCOS(C)(=O)=O)c2n1C/C=C/Cn1c(NC(=O)c2cc(C)nn2CC)nc2cc(C(N)=O)sc21.CN. The van der Waals surface area contributed by atoms with Gasteiger partial charge in [0.1, 0.15) is 77.7 Å². The minimum Gasteiger partial charge on any atom is -0.491 e. The molecule has 6 amide bonds. The van der Waals surface area contributed by atoms with E-state index in [0.717, 1.165) is 29.8 Å². The maximum Gasteiger partial charge on any atom is 0.276 e. The fourth-order valence-corrected chi connectivity index (χ4v) is 15.0. The Kier molecular flexibility index (Phi) is 27.7. The number of carbonyl (C=O) groups excluding carboxylic acids is 8. The lowest BCUT2D eigenvalue weighted by atomic mass is 10.1. The standard InChI is InChI=1S/C37H44N12O5S.C37H43N11O8S2.CH5N/c1-6-48-26(15-21(3)44-48)28(50)20-31-41-24-17-23(33(38)51)18-29(54-14-10-11-40-5)32(24)46(31)12-8-9-13-47-36-25(19-30(55-36)34(39)52)42-37(47)43-35(53)27-16-22(4)45-49(27)7-2;1-6-47-26(15-21(3)43-47)28(49)20-31-40-24-17-23(33(38)50)18-29(55-13-10-14-56-58(5,53)54)32(24)45(31)11-8-9-12-46-36-25(19-30(57-36)34(39)51)41-37(46)42-35(52)27-16-22(4)44-48(27)7-2;1-2/h8-9,15-19,40H,6-7,10-14,20H2,1-5H3,(H2,38,51)(H2,39,52)(H,42,43,53);8-9,15-19H,6-7,10-14,20H2,1-5H3,(H2,38,50)(H2,39,51)(H,41,42,52);2H2,1H3/b2*9-8+;. The number of hydrogen-bond acceptors (Lipinski definition) is 25. The molecular weight excluding hydrogens is 1540 g/mol. The van der Waals surface area contributed by atoms with Crippen LogP contribution in [0, 0.1) is 27.7 Å². The van der Waals surface area contributed by atoms with Gasteiger partial charge in [-0.3, -0.25) is 81.0 Å². The van der Waals surface area contributed by atoms with Crippen molar-refractivity contribution < 1.29 is 60.4 Å². The van der Waals surface area contributed by atoms with Crippen molar-refractivity contribution in [3.8, 4) is 11.5 Å². The molecule has 0 aliphatic heterocycles. The minimum absolute atomic E-state index is 0.0227. The summed E-state index contributed by atoms with van der Waals surface area (Å²) in [6, 6.07) is 16.2. The number of fused-ring (bicyclic) bond motifs is 4. The average molecular weight is 1630 g/mol. The zero-order valence-electron chi connectivity index (χ0n) is 65.5. The molecule has 0 unspecified atom stereocenters. The number of ether oxygens (including phenoxy) is 2. The van der Waals surface area contributed by atoms with E-state index in [4.69, 9.17) is 46.6 Å². The smallest absolute Gasteiger partial charge is 0.276 e. The number of aromatic nitrogens is 16. The summed E-state index contributed by atoms with van der Waals surface area (Å²) in [4.78, 5) is 124. The lowest BCUT2D eigenvalue weighted by molar-refractivity contribution is 0.0971. The number of anilines is 2. The molecular formula is C75H92N24O13S3. The molecule has 0 radical (unpaired) electrons. The lowest BCUT2D eigenvalue weighted by Crippen LogP contribution is -2.20. The Bertz CT molecular complexity index is 5850. The van der Waals surface area contributed by atoms with Gasteiger partial charge in [-0.2, -0.15) is 28.8 Å². The van der Waals surface area contributed by atoms with Crippen molar-refractivity contribution in [1.82, 2.24) is 82.6 Å². The Morgan fingerprint density at radius 2 is 0.817 bits per heavy atom. The van der Waals surface area contributed by atoms with Crippen LogP contribution in [0.3, 0.4) is 0 Å². The fourth-order valence-electron chi connectivity index (χ4n) is 12.7. The molecule has 13 N–H and O–H groups in total. The molecule has 2 aromatic carbocycles. The van der Waals surface area contributed by atoms with Crippen molar-refractivity contribution in [3.63, 3.8) is 0 Å². The van der Waals surface area contributed by atoms with Crippen LogP contribution >= 0.6 is 22.7 Å². The molecule has 0 saturated carbocycles. The van der Waals surface area contributed by atoms with Gasteiger partial charge in [-0.05, 0) is 143 Å². The summed E-state index contributed by atoms with van der Waals surface area (Å²) in [6.45, 7) is 18.7. The van der Waals surface area contributed by atoms with Gasteiger partial charge in [0.05, 0.1) is 82.5 Å². The normalized spacial score (nSPS) is 11.7. The van der Waals surface area contributed by atoms with Crippen molar-refractivity contribution in [2.75, 3.05) is 57.4 Å². The number of nitrogens with one attached hydrogen (secondary N) is 3. The largest absolute Gasteiger partial charge is 0.491 e. The van der Waals surface area contributed by atoms with Crippen molar-refractivity contribution in [3.05, 3.63) is 163 Å². The molecule has 40 heteroatoms. The van der Waals surface area contributed by atoms with Crippen molar-refractivity contribution in [2.45, 2.75) is 133 Å². The topological polar surface area (TPSA) is 507 Å². The number of carbonyl (C=O) groups is 8. The molecule has 115 heavy (non-hydrogen) atoms. The first-order valence-electron chi connectivity index (χ1n) is 36.7. The Labute approximate surface area is 668 Å². The van der Waals surface area contributed by atoms with Crippen molar-refractivity contribution in [1.29, 1.82) is 0 Å². The van der Waals surface area contributed by atoms with E-state index in [2.05, 4.69) is 52.0 Å². The highest BCUT2D eigenvalue weighted by atomic mass is 32.2. The number of aryl methyl sites for hydroxylation is 8. The summed E-state index contributed by atoms with van der Waals surface area (Å²) in [7, 11) is -0.304. The van der Waals surface area contributed by atoms with Gasteiger partial charge >= 0.3 is 0 Å². The Morgan fingerprint density at radius 3 is 1.17 bits per heavy atom. The van der Waals surface area contributed by atoms with Crippen LogP contribution < -0.4 is 54.1 Å². The second-order valence-electron chi connectivity index (χ2n) is 26.1. The van der Waals surface area contributed by atoms with Crippen LogP contribution in [0.15, 0.2) is 85.0 Å². The predicted molar refractivity (Wildman–Crippen MR) is 435 cm³/mol. The summed E-state index contributed by atoms with van der Waals surface area (Å²) in [6.07, 6.45) is 9.13. The van der Waals surface area contributed by atoms with Crippen LogP contribution in [0.1, 0.15) is 157 Å². The second-order valence-corrected chi connectivity index (χ2v) is 29.8. The van der Waals surface area contributed by atoms with Gasteiger partial charge in [0.15, 0.2) is 11.6 Å². The van der Waals surface area contributed by atoms with E-state index in [-0.39, 0.29) is 105 Å². The number of hydrogen-bond donors (Lipinski definition) is 8.